The normalized spacial score (nSPS) is 11.0. The Balaban J connectivity index is 2.37. The molecule has 0 amide bonds. The second-order valence-electron chi connectivity index (χ2n) is 4.33. The molecule has 1 aromatic heterocycles. The molecule has 0 aliphatic rings. The lowest BCUT2D eigenvalue weighted by molar-refractivity contribution is -0.138. The molecule has 108 valence electrons. The maximum atomic E-state index is 12.8. The smallest absolute Gasteiger partial charge is 0.340 e. The van der Waals surface area contributed by atoms with Crippen LogP contribution in [0.25, 0.3) is 0 Å². The highest BCUT2D eigenvalue weighted by molar-refractivity contribution is 6.29. The molecule has 0 bridgehead atoms. The van der Waals surface area contributed by atoms with Crippen LogP contribution in [0.3, 0.4) is 0 Å². The van der Waals surface area contributed by atoms with Gasteiger partial charge in [-0.1, -0.05) is 17.7 Å². The van der Waals surface area contributed by atoms with Gasteiger partial charge < -0.3 is 5.32 Å². The molecule has 0 saturated heterocycles. The van der Waals surface area contributed by atoms with Crippen LogP contribution >= 0.6 is 11.6 Å². The van der Waals surface area contributed by atoms with Crippen molar-refractivity contribution in [1.29, 1.82) is 5.26 Å². The van der Waals surface area contributed by atoms with E-state index in [1.165, 1.54) is 31.2 Å². The summed E-state index contributed by atoms with van der Waals surface area (Å²) < 4.78 is 38.5. The SMILES string of the molecule is Cc1ccc(Nc2cc(C#N)cc(Cl)n2)cc1C(F)(F)F. The molecule has 3 nitrogen and oxygen atoms in total. The first-order chi connectivity index (χ1) is 9.79. The average Bonchev–Trinajstić information content (AvgIpc) is 2.39. The van der Waals surface area contributed by atoms with Crippen molar-refractivity contribution in [3.8, 4) is 6.07 Å². The number of aryl methyl sites for hydroxylation is 1. The Morgan fingerprint density at radius 3 is 2.57 bits per heavy atom. The second-order valence-corrected chi connectivity index (χ2v) is 4.72. The number of pyridine rings is 1. The molecule has 2 aromatic rings. The fourth-order valence-corrected chi connectivity index (χ4v) is 1.99. The van der Waals surface area contributed by atoms with E-state index in [4.69, 9.17) is 16.9 Å². The summed E-state index contributed by atoms with van der Waals surface area (Å²) in [5, 5.41) is 11.6. The minimum Gasteiger partial charge on any atom is -0.340 e. The molecular weight excluding hydrogens is 303 g/mol. The fraction of sp³-hybridized carbons (Fsp3) is 0.143. The maximum Gasteiger partial charge on any atom is 0.416 e. The molecule has 0 radical (unpaired) electrons. The van der Waals surface area contributed by atoms with Crippen molar-refractivity contribution >= 4 is 23.1 Å². The standard InChI is InChI=1S/C14H9ClF3N3/c1-8-2-3-10(6-11(8)14(16,17)18)20-13-5-9(7-19)4-12(15)21-13/h2-6H,1H3,(H,20,21). The van der Waals surface area contributed by atoms with Crippen molar-refractivity contribution in [3.63, 3.8) is 0 Å². The minimum atomic E-state index is -4.43. The van der Waals surface area contributed by atoms with E-state index in [2.05, 4.69) is 10.3 Å². The summed E-state index contributed by atoms with van der Waals surface area (Å²) >= 11 is 5.74. The molecule has 0 unspecified atom stereocenters. The predicted molar refractivity (Wildman–Crippen MR) is 73.4 cm³/mol. The molecule has 0 fully saturated rings. The molecule has 0 atom stereocenters. The Bertz CT molecular complexity index is 720. The maximum absolute atomic E-state index is 12.8. The second kappa shape index (κ2) is 5.62. The number of hydrogen-bond donors (Lipinski definition) is 1. The van der Waals surface area contributed by atoms with Crippen LogP contribution in [-0.2, 0) is 6.18 Å². The Hall–Kier alpha value is -2.26. The summed E-state index contributed by atoms with van der Waals surface area (Å²) in [5.41, 5.74) is -0.118. The van der Waals surface area contributed by atoms with Gasteiger partial charge in [-0.3, -0.25) is 0 Å². The molecule has 0 spiro atoms. The number of nitrogens with one attached hydrogen (secondary N) is 1. The molecule has 0 aliphatic heterocycles. The number of halogens is 4. The number of nitrogens with zero attached hydrogens (tertiary/aromatic N) is 2. The highest BCUT2D eigenvalue weighted by atomic mass is 35.5. The van der Waals surface area contributed by atoms with E-state index in [1.807, 2.05) is 6.07 Å². The lowest BCUT2D eigenvalue weighted by atomic mass is 10.1. The van der Waals surface area contributed by atoms with Gasteiger partial charge in [-0.05, 0) is 36.8 Å². The number of anilines is 2. The first kappa shape index (κ1) is 15.1. The molecule has 0 aliphatic carbocycles. The molecule has 7 heteroatoms. The molecule has 2 rings (SSSR count). The van der Waals surface area contributed by atoms with Crippen LogP contribution in [0.4, 0.5) is 24.7 Å². The average molecular weight is 312 g/mol. The van der Waals surface area contributed by atoms with Gasteiger partial charge in [0.2, 0.25) is 0 Å². The van der Waals surface area contributed by atoms with Crippen molar-refractivity contribution in [2.75, 3.05) is 5.32 Å². The first-order valence-electron chi connectivity index (χ1n) is 5.82. The van der Waals surface area contributed by atoms with E-state index in [9.17, 15) is 13.2 Å². The molecule has 1 aromatic carbocycles. The fourth-order valence-electron chi connectivity index (χ4n) is 1.78. The summed E-state index contributed by atoms with van der Waals surface area (Å²) in [6.07, 6.45) is -4.43. The van der Waals surface area contributed by atoms with Crippen LogP contribution in [0.1, 0.15) is 16.7 Å². The van der Waals surface area contributed by atoms with Gasteiger partial charge in [0.05, 0.1) is 17.2 Å². The van der Waals surface area contributed by atoms with E-state index >= 15 is 0 Å². The van der Waals surface area contributed by atoms with Gasteiger partial charge >= 0.3 is 6.18 Å². The zero-order valence-electron chi connectivity index (χ0n) is 10.8. The van der Waals surface area contributed by atoms with Gasteiger partial charge in [-0.25, -0.2) is 4.98 Å². The van der Waals surface area contributed by atoms with E-state index in [0.29, 0.717) is 0 Å². The lowest BCUT2D eigenvalue weighted by Crippen LogP contribution is -2.08. The van der Waals surface area contributed by atoms with Gasteiger partial charge in [0, 0.05) is 5.69 Å². The van der Waals surface area contributed by atoms with E-state index < -0.39 is 11.7 Å². The Kier molecular flexibility index (Phi) is 4.05. The topological polar surface area (TPSA) is 48.7 Å². The van der Waals surface area contributed by atoms with Crippen LogP contribution in [-0.4, -0.2) is 4.98 Å². The third kappa shape index (κ3) is 3.64. The zero-order valence-corrected chi connectivity index (χ0v) is 11.5. The summed E-state index contributed by atoms with van der Waals surface area (Å²) in [5.74, 6) is 0.205. The highest BCUT2D eigenvalue weighted by Crippen LogP contribution is 2.34. The van der Waals surface area contributed by atoms with Crippen LogP contribution in [0.15, 0.2) is 30.3 Å². The minimum absolute atomic E-state index is 0.0831. The van der Waals surface area contributed by atoms with Crippen LogP contribution < -0.4 is 5.32 Å². The lowest BCUT2D eigenvalue weighted by Gasteiger charge is -2.13. The third-order valence-electron chi connectivity index (χ3n) is 2.74. The summed E-state index contributed by atoms with van der Waals surface area (Å²) in [7, 11) is 0. The first-order valence-corrected chi connectivity index (χ1v) is 6.20. The number of nitriles is 1. The number of aromatic nitrogens is 1. The van der Waals surface area contributed by atoms with Gasteiger partial charge in [0.25, 0.3) is 0 Å². The Morgan fingerprint density at radius 2 is 1.95 bits per heavy atom. The number of rotatable bonds is 2. The predicted octanol–water partition coefficient (Wildman–Crippen LogP) is 4.68. The van der Waals surface area contributed by atoms with Crippen molar-refractivity contribution in [2.45, 2.75) is 13.1 Å². The van der Waals surface area contributed by atoms with E-state index in [1.54, 1.807) is 0 Å². The Morgan fingerprint density at radius 1 is 1.24 bits per heavy atom. The molecular formula is C14H9ClF3N3. The molecule has 21 heavy (non-hydrogen) atoms. The molecule has 0 saturated carbocycles. The van der Waals surface area contributed by atoms with Gasteiger partial charge in [0.15, 0.2) is 0 Å². The number of hydrogen-bond acceptors (Lipinski definition) is 3. The van der Waals surface area contributed by atoms with Crippen molar-refractivity contribution in [2.24, 2.45) is 0 Å². The number of alkyl halides is 3. The van der Waals surface area contributed by atoms with Crippen molar-refractivity contribution < 1.29 is 13.2 Å². The zero-order chi connectivity index (χ0) is 15.6. The summed E-state index contributed by atoms with van der Waals surface area (Å²) in [4.78, 5) is 3.91. The monoisotopic (exact) mass is 311 g/mol. The van der Waals surface area contributed by atoms with E-state index in [0.717, 1.165) is 6.07 Å². The summed E-state index contributed by atoms with van der Waals surface area (Å²) in [6, 6.07) is 8.51. The van der Waals surface area contributed by atoms with Gasteiger partial charge in [0.1, 0.15) is 11.0 Å². The third-order valence-corrected chi connectivity index (χ3v) is 2.93. The quantitative estimate of drug-likeness (QED) is 0.819. The molecule has 1 N–H and O–H groups in total. The van der Waals surface area contributed by atoms with Gasteiger partial charge in [-0.2, -0.15) is 18.4 Å². The van der Waals surface area contributed by atoms with Gasteiger partial charge in [-0.15, -0.1) is 0 Å². The summed E-state index contributed by atoms with van der Waals surface area (Å²) in [6.45, 7) is 1.39. The van der Waals surface area contributed by atoms with Crippen LogP contribution in [0, 0.1) is 18.3 Å². The highest BCUT2D eigenvalue weighted by Gasteiger charge is 2.32. The van der Waals surface area contributed by atoms with Crippen molar-refractivity contribution in [3.05, 3.63) is 52.2 Å². The van der Waals surface area contributed by atoms with Crippen molar-refractivity contribution in [1.82, 2.24) is 4.98 Å². The number of benzene rings is 1. The van der Waals surface area contributed by atoms with Crippen LogP contribution in [0.5, 0.6) is 0 Å². The largest absolute Gasteiger partial charge is 0.416 e. The van der Waals surface area contributed by atoms with Crippen LogP contribution in [0.2, 0.25) is 5.15 Å². The Labute approximate surface area is 124 Å². The molecule has 1 heterocycles. The van der Waals surface area contributed by atoms with E-state index in [-0.39, 0.29) is 27.8 Å².